The number of ether oxygens (including phenoxy) is 3. The molecule has 0 aliphatic heterocycles. The van der Waals surface area contributed by atoms with Crippen molar-refractivity contribution in [1.29, 1.82) is 0 Å². The van der Waals surface area contributed by atoms with Crippen LogP contribution in [0.25, 0.3) is 0 Å². The van der Waals surface area contributed by atoms with Gasteiger partial charge in [0.1, 0.15) is 18.8 Å². The molecule has 0 aromatic rings. The topological polar surface area (TPSA) is 150 Å². The van der Waals surface area contributed by atoms with Crippen molar-refractivity contribution in [1.82, 2.24) is 10.6 Å². The van der Waals surface area contributed by atoms with Crippen LogP contribution in [0.15, 0.2) is 4.99 Å². The third kappa shape index (κ3) is 49.1. The Balaban J connectivity index is 0. The number of amides is 2. The second kappa shape index (κ2) is 55.2. The molecule has 0 saturated carbocycles. The Morgan fingerprint density at radius 2 is 0.887 bits per heavy atom. The normalized spacial score (nSPS) is 12.3. The first-order chi connectivity index (χ1) is 30.6. The van der Waals surface area contributed by atoms with Gasteiger partial charge in [0.2, 0.25) is 5.91 Å². The highest BCUT2D eigenvalue weighted by Crippen LogP contribution is 2.15. The number of rotatable bonds is 49. The summed E-state index contributed by atoms with van der Waals surface area (Å²) in [6.07, 6.45) is 47.1. The number of nitrogens with one attached hydrogen (secondary N) is 2. The smallest absolute Gasteiger partial charge is 0.407 e. The van der Waals surface area contributed by atoms with Crippen LogP contribution in [0.3, 0.4) is 0 Å². The molecule has 2 atom stereocenters. The van der Waals surface area contributed by atoms with Crippen LogP contribution < -0.4 is 22.1 Å². The zero-order valence-electron chi connectivity index (χ0n) is 41.8. The van der Waals surface area contributed by atoms with Gasteiger partial charge in [-0.25, -0.2) is 4.79 Å². The highest BCUT2D eigenvalue weighted by atomic mass is 16.6. The molecule has 370 valence electrons. The van der Waals surface area contributed by atoms with Crippen LogP contribution in [0.5, 0.6) is 0 Å². The number of nitrogens with two attached hydrogens (primary N) is 2. The lowest BCUT2D eigenvalue weighted by Crippen LogP contribution is -2.48. The lowest BCUT2D eigenvalue weighted by atomic mass is 10.1. The lowest BCUT2D eigenvalue weighted by molar-refractivity contribution is -0.123. The number of carbonyl (C=O) groups is 2. The van der Waals surface area contributed by atoms with Crippen molar-refractivity contribution in [3.63, 3.8) is 0 Å². The van der Waals surface area contributed by atoms with E-state index in [1.165, 1.54) is 212 Å². The van der Waals surface area contributed by atoms with Gasteiger partial charge in [0.05, 0.1) is 12.9 Å². The molecule has 2 amide bonds. The Kier molecular flexibility index (Phi) is 55.4. The molecule has 0 spiro atoms. The Morgan fingerprint density at radius 3 is 1.29 bits per heavy atom. The molecule has 0 aromatic heterocycles. The largest absolute Gasteiger partial charge is 0.447 e. The zero-order chi connectivity index (χ0) is 45.7. The van der Waals surface area contributed by atoms with Gasteiger partial charge in [-0.1, -0.05) is 233 Å². The molecule has 0 aliphatic rings. The van der Waals surface area contributed by atoms with Crippen molar-refractivity contribution in [3.8, 4) is 0 Å². The number of hydrogen-bond donors (Lipinski definition) is 4. The molecule has 10 heteroatoms. The van der Waals surface area contributed by atoms with Crippen molar-refractivity contribution in [3.05, 3.63) is 0 Å². The lowest BCUT2D eigenvalue weighted by Gasteiger charge is -2.21. The molecule has 0 aliphatic carbocycles. The average molecular weight is 882 g/mol. The summed E-state index contributed by atoms with van der Waals surface area (Å²) in [7, 11) is 1.50. The standard InChI is InChI=1S/C51H102N4O5.CH5N/c1-4-7-10-13-16-19-22-25-28-31-34-37-41-54-50(56)49(40-42-53-47-52)55-51(57)60-46-48(59-44-39-36-33-30-27-24-21-18-15-12-9-6-3)45-58-43-38-35-32-29-26-23-20-17-14-11-8-5-2;1-2/h47-49H,4-46H2,1-3H3,(H2,52,53)(H,54,56)(H,55,57);2H2,1H3. The van der Waals surface area contributed by atoms with Crippen molar-refractivity contribution >= 4 is 18.3 Å². The number of unbranched alkanes of at least 4 members (excludes halogenated alkanes) is 33. The van der Waals surface area contributed by atoms with Crippen molar-refractivity contribution in [2.75, 3.05) is 46.6 Å². The summed E-state index contributed by atoms with van der Waals surface area (Å²) in [5, 5.41) is 5.80. The van der Waals surface area contributed by atoms with Gasteiger partial charge in [0, 0.05) is 26.3 Å². The van der Waals surface area contributed by atoms with Crippen LogP contribution in [0.2, 0.25) is 0 Å². The molecule has 0 rings (SSSR count). The van der Waals surface area contributed by atoms with Gasteiger partial charge < -0.3 is 36.3 Å². The average Bonchev–Trinajstić information content (AvgIpc) is 3.28. The minimum atomic E-state index is -0.749. The van der Waals surface area contributed by atoms with Crippen LogP contribution >= 0.6 is 0 Å². The minimum Gasteiger partial charge on any atom is -0.447 e. The summed E-state index contributed by atoms with van der Waals surface area (Å²) in [6, 6.07) is -0.749. The fourth-order valence-corrected chi connectivity index (χ4v) is 7.80. The molecule has 0 bridgehead atoms. The fourth-order valence-electron chi connectivity index (χ4n) is 7.80. The molecule has 0 saturated heterocycles. The van der Waals surface area contributed by atoms with Crippen LogP contribution in [0, 0.1) is 0 Å². The Hall–Kier alpha value is -1.91. The molecule has 2 unspecified atom stereocenters. The second-order valence-electron chi connectivity index (χ2n) is 17.7. The Morgan fingerprint density at radius 1 is 0.516 bits per heavy atom. The number of nitrogens with zero attached hydrogens (tertiary/aromatic N) is 1. The fraction of sp³-hybridized carbons (Fsp3) is 0.942. The van der Waals surface area contributed by atoms with Gasteiger partial charge >= 0.3 is 6.09 Å². The van der Waals surface area contributed by atoms with Gasteiger partial charge in [-0.15, -0.1) is 0 Å². The SMILES string of the molecule is CCCCCCCCCCCCCCNC(=O)C(CCN=CN)NC(=O)OCC(COCCCCCCCCCCCCCC)OCCCCCCCCCCCCCC.CN. The van der Waals surface area contributed by atoms with E-state index in [0.29, 0.717) is 39.3 Å². The maximum Gasteiger partial charge on any atom is 0.407 e. The first-order valence-electron chi connectivity index (χ1n) is 26.8. The number of alkyl carbamates (subject to hydrolysis) is 1. The summed E-state index contributed by atoms with van der Waals surface area (Å²) in [5.74, 6) is -0.215. The highest BCUT2D eigenvalue weighted by Gasteiger charge is 2.22. The van der Waals surface area contributed by atoms with Gasteiger partial charge in [-0.3, -0.25) is 9.79 Å². The van der Waals surface area contributed by atoms with E-state index in [-0.39, 0.29) is 18.6 Å². The van der Waals surface area contributed by atoms with Crippen molar-refractivity contribution in [2.45, 2.75) is 270 Å². The Labute approximate surface area is 385 Å². The van der Waals surface area contributed by atoms with E-state index in [2.05, 4.69) is 42.1 Å². The van der Waals surface area contributed by atoms with Crippen molar-refractivity contribution < 1.29 is 23.8 Å². The van der Waals surface area contributed by atoms with E-state index >= 15 is 0 Å². The van der Waals surface area contributed by atoms with Gasteiger partial charge in [0.25, 0.3) is 0 Å². The minimum absolute atomic E-state index is 0.0800. The van der Waals surface area contributed by atoms with Crippen LogP contribution in [0.1, 0.15) is 258 Å². The molecule has 0 heterocycles. The first-order valence-corrected chi connectivity index (χ1v) is 26.8. The first kappa shape index (κ1) is 62.2. The van der Waals surface area contributed by atoms with Crippen LogP contribution in [-0.4, -0.2) is 77.0 Å². The monoisotopic (exact) mass is 882 g/mol. The summed E-state index contributed by atoms with van der Waals surface area (Å²) >= 11 is 0. The molecule has 10 nitrogen and oxygen atoms in total. The molecule has 0 radical (unpaired) electrons. The van der Waals surface area contributed by atoms with Gasteiger partial charge in [0.15, 0.2) is 0 Å². The summed E-state index contributed by atoms with van der Waals surface area (Å²) < 4.78 is 17.9. The third-order valence-electron chi connectivity index (χ3n) is 11.8. The van der Waals surface area contributed by atoms with E-state index in [1.54, 1.807) is 0 Å². The molecule has 62 heavy (non-hydrogen) atoms. The predicted molar refractivity (Wildman–Crippen MR) is 267 cm³/mol. The van der Waals surface area contributed by atoms with E-state index < -0.39 is 12.1 Å². The van der Waals surface area contributed by atoms with Gasteiger partial charge in [-0.05, 0) is 32.7 Å². The van der Waals surface area contributed by atoms with E-state index in [4.69, 9.17) is 19.9 Å². The van der Waals surface area contributed by atoms with Crippen LogP contribution in [0.4, 0.5) is 4.79 Å². The third-order valence-corrected chi connectivity index (χ3v) is 11.8. The maximum atomic E-state index is 13.1. The van der Waals surface area contributed by atoms with Crippen LogP contribution in [-0.2, 0) is 19.0 Å². The molecule has 6 N–H and O–H groups in total. The zero-order valence-corrected chi connectivity index (χ0v) is 41.8. The number of aliphatic imine (C=N–C) groups is 1. The number of carbonyl (C=O) groups excluding carboxylic acids is 2. The van der Waals surface area contributed by atoms with Crippen molar-refractivity contribution in [2.24, 2.45) is 16.5 Å². The van der Waals surface area contributed by atoms with E-state index in [1.807, 2.05) is 0 Å². The molecular weight excluding hydrogens is 775 g/mol. The quantitative estimate of drug-likeness (QED) is 0.0270. The van der Waals surface area contributed by atoms with Gasteiger partial charge in [-0.2, -0.15) is 0 Å². The molecule has 0 aromatic carbocycles. The summed E-state index contributed by atoms with van der Waals surface area (Å²) in [6.45, 7) is 9.52. The van der Waals surface area contributed by atoms with E-state index in [0.717, 1.165) is 32.1 Å². The molecular formula is C52H107N5O5. The Bertz CT molecular complexity index is 911. The number of hydrogen-bond acceptors (Lipinski definition) is 7. The maximum absolute atomic E-state index is 13.1. The molecule has 0 fully saturated rings. The highest BCUT2D eigenvalue weighted by molar-refractivity contribution is 5.85. The summed E-state index contributed by atoms with van der Waals surface area (Å²) in [4.78, 5) is 30.2. The second-order valence-corrected chi connectivity index (χ2v) is 17.7. The summed E-state index contributed by atoms with van der Waals surface area (Å²) in [5.41, 5.74) is 9.95. The predicted octanol–water partition coefficient (Wildman–Crippen LogP) is 13.7. The van der Waals surface area contributed by atoms with E-state index in [9.17, 15) is 9.59 Å².